The van der Waals surface area contributed by atoms with Crippen LogP contribution in [0.1, 0.15) is 16.2 Å². The van der Waals surface area contributed by atoms with E-state index in [4.69, 9.17) is 9.26 Å². The molecule has 0 atom stereocenters. The maximum atomic E-state index is 11.3. The fourth-order valence-corrected chi connectivity index (χ4v) is 1.95. The van der Waals surface area contributed by atoms with Gasteiger partial charge in [-0.3, -0.25) is 0 Å². The summed E-state index contributed by atoms with van der Waals surface area (Å²) in [6.45, 7) is 0.495. The standard InChI is InChI=1S/C17H14N2O4/c1-21-17(20)16-18-15(19-23-16)13-7-9-14(10-8-13)22-11-12-5-3-2-4-6-12/h2-10H,11H2,1H3. The third-order valence-electron chi connectivity index (χ3n) is 3.15. The number of hydrogen-bond donors (Lipinski definition) is 0. The van der Waals surface area contributed by atoms with Gasteiger partial charge in [0, 0.05) is 5.56 Å². The monoisotopic (exact) mass is 310 g/mol. The maximum absolute atomic E-state index is 11.3. The number of methoxy groups -OCH3 is 1. The number of carbonyl (C=O) groups excluding carboxylic acids is 1. The summed E-state index contributed by atoms with van der Waals surface area (Å²) in [5.74, 6) is 0.216. The Kier molecular flexibility index (Phi) is 4.33. The molecule has 0 unspecified atom stereocenters. The largest absolute Gasteiger partial charge is 0.489 e. The quantitative estimate of drug-likeness (QED) is 0.674. The molecule has 1 aromatic heterocycles. The van der Waals surface area contributed by atoms with Gasteiger partial charge in [-0.15, -0.1) is 0 Å². The van der Waals surface area contributed by atoms with E-state index in [0.29, 0.717) is 12.4 Å². The molecule has 1 heterocycles. The van der Waals surface area contributed by atoms with E-state index < -0.39 is 5.97 Å². The third-order valence-corrected chi connectivity index (χ3v) is 3.15. The van der Waals surface area contributed by atoms with Gasteiger partial charge in [0.05, 0.1) is 7.11 Å². The van der Waals surface area contributed by atoms with E-state index >= 15 is 0 Å². The average molecular weight is 310 g/mol. The Morgan fingerprint density at radius 1 is 1.09 bits per heavy atom. The molecule has 0 fully saturated rings. The van der Waals surface area contributed by atoms with Crippen molar-refractivity contribution in [1.82, 2.24) is 10.1 Å². The zero-order valence-corrected chi connectivity index (χ0v) is 12.4. The van der Waals surface area contributed by atoms with Gasteiger partial charge in [-0.1, -0.05) is 35.5 Å². The molecule has 0 aliphatic carbocycles. The van der Waals surface area contributed by atoms with Gasteiger partial charge in [0.15, 0.2) is 0 Å². The summed E-state index contributed by atoms with van der Waals surface area (Å²) in [5.41, 5.74) is 1.81. The molecule has 0 saturated heterocycles. The molecule has 6 nitrogen and oxygen atoms in total. The zero-order chi connectivity index (χ0) is 16.1. The molecule has 0 radical (unpaired) electrons. The first-order valence-corrected chi connectivity index (χ1v) is 6.95. The fraction of sp³-hybridized carbons (Fsp3) is 0.118. The minimum Gasteiger partial charge on any atom is -0.489 e. The summed E-state index contributed by atoms with van der Waals surface area (Å²) in [4.78, 5) is 15.3. The predicted molar refractivity (Wildman–Crippen MR) is 81.8 cm³/mol. The molecular weight excluding hydrogens is 296 g/mol. The second-order valence-corrected chi connectivity index (χ2v) is 4.71. The number of esters is 1. The Hall–Kier alpha value is -3.15. The van der Waals surface area contributed by atoms with Crippen LogP contribution in [0.5, 0.6) is 5.75 Å². The summed E-state index contributed by atoms with van der Waals surface area (Å²) < 4.78 is 15.1. The van der Waals surface area contributed by atoms with E-state index in [1.807, 2.05) is 42.5 Å². The molecular formula is C17H14N2O4. The van der Waals surface area contributed by atoms with E-state index in [2.05, 4.69) is 14.9 Å². The number of nitrogens with zero attached hydrogens (tertiary/aromatic N) is 2. The summed E-state index contributed by atoms with van der Waals surface area (Å²) in [6.07, 6.45) is 0. The summed E-state index contributed by atoms with van der Waals surface area (Å²) in [6, 6.07) is 17.1. The molecule has 0 saturated carbocycles. The molecule has 0 amide bonds. The molecule has 23 heavy (non-hydrogen) atoms. The summed E-state index contributed by atoms with van der Waals surface area (Å²) >= 11 is 0. The van der Waals surface area contributed by atoms with Crippen LogP contribution in [-0.4, -0.2) is 23.2 Å². The third kappa shape index (κ3) is 3.55. The number of aromatic nitrogens is 2. The van der Waals surface area contributed by atoms with Crippen LogP contribution in [0.25, 0.3) is 11.4 Å². The van der Waals surface area contributed by atoms with Gasteiger partial charge >= 0.3 is 11.9 Å². The van der Waals surface area contributed by atoms with Crippen molar-refractivity contribution in [2.45, 2.75) is 6.61 Å². The van der Waals surface area contributed by atoms with Gasteiger partial charge in [-0.2, -0.15) is 4.98 Å². The van der Waals surface area contributed by atoms with E-state index in [-0.39, 0.29) is 5.89 Å². The van der Waals surface area contributed by atoms with Crippen molar-refractivity contribution in [3.8, 4) is 17.1 Å². The number of carbonyl (C=O) groups is 1. The number of benzene rings is 2. The molecule has 0 spiro atoms. The molecule has 0 N–H and O–H groups in total. The minimum absolute atomic E-state index is 0.174. The smallest absolute Gasteiger partial charge is 0.397 e. The summed E-state index contributed by atoms with van der Waals surface area (Å²) in [7, 11) is 1.26. The van der Waals surface area contributed by atoms with Crippen LogP contribution in [0.4, 0.5) is 0 Å². The molecule has 0 bridgehead atoms. The lowest BCUT2D eigenvalue weighted by Gasteiger charge is -2.06. The number of ether oxygens (including phenoxy) is 2. The Labute approximate surface area is 132 Å². The second kappa shape index (κ2) is 6.74. The molecule has 116 valence electrons. The van der Waals surface area contributed by atoms with Gasteiger partial charge in [0.2, 0.25) is 5.82 Å². The average Bonchev–Trinajstić information content (AvgIpc) is 3.11. The number of rotatable bonds is 5. The van der Waals surface area contributed by atoms with Crippen LogP contribution < -0.4 is 4.74 Å². The highest BCUT2D eigenvalue weighted by atomic mass is 16.6. The van der Waals surface area contributed by atoms with Gasteiger partial charge < -0.3 is 14.0 Å². The van der Waals surface area contributed by atoms with Crippen molar-refractivity contribution >= 4 is 5.97 Å². The minimum atomic E-state index is -0.661. The van der Waals surface area contributed by atoms with Crippen LogP contribution in [0, 0.1) is 0 Å². The van der Waals surface area contributed by atoms with E-state index in [9.17, 15) is 4.79 Å². The first kappa shape index (κ1) is 14.8. The highest BCUT2D eigenvalue weighted by Crippen LogP contribution is 2.21. The van der Waals surface area contributed by atoms with Crippen LogP contribution >= 0.6 is 0 Å². The highest BCUT2D eigenvalue weighted by Gasteiger charge is 2.16. The molecule has 0 aliphatic heterocycles. The molecule has 6 heteroatoms. The fourth-order valence-electron chi connectivity index (χ4n) is 1.95. The van der Waals surface area contributed by atoms with Crippen LogP contribution in [0.15, 0.2) is 59.1 Å². The first-order valence-electron chi connectivity index (χ1n) is 6.95. The Bertz CT molecular complexity index is 782. The van der Waals surface area contributed by atoms with Crippen molar-refractivity contribution in [3.05, 3.63) is 66.1 Å². The molecule has 2 aromatic carbocycles. The van der Waals surface area contributed by atoms with E-state index in [1.54, 1.807) is 12.1 Å². The summed E-state index contributed by atoms with van der Waals surface area (Å²) in [5, 5.41) is 3.75. The maximum Gasteiger partial charge on any atom is 0.397 e. The Morgan fingerprint density at radius 2 is 1.83 bits per heavy atom. The van der Waals surface area contributed by atoms with Gasteiger partial charge in [-0.05, 0) is 29.8 Å². The zero-order valence-electron chi connectivity index (χ0n) is 12.4. The lowest BCUT2D eigenvalue weighted by Crippen LogP contribution is -2.00. The highest BCUT2D eigenvalue weighted by molar-refractivity contribution is 5.84. The predicted octanol–water partition coefficient (Wildman–Crippen LogP) is 3.10. The van der Waals surface area contributed by atoms with E-state index in [1.165, 1.54) is 7.11 Å². The van der Waals surface area contributed by atoms with Gasteiger partial charge in [-0.25, -0.2) is 4.79 Å². The first-order chi connectivity index (χ1) is 11.3. The van der Waals surface area contributed by atoms with Crippen molar-refractivity contribution in [1.29, 1.82) is 0 Å². The lowest BCUT2D eigenvalue weighted by atomic mass is 10.2. The second-order valence-electron chi connectivity index (χ2n) is 4.71. The van der Waals surface area contributed by atoms with Crippen molar-refractivity contribution in [3.63, 3.8) is 0 Å². The van der Waals surface area contributed by atoms with Gasteiger partial charge in [0.1, 0.15) is 12.4 Å². The topological polar surface area (TPSA) is 74.5 Å². The molecule has 3 aromatic rings. The van der Waals surface area contributed by atoms with Crippen LogP contribution in [0.2, 0.25) is 0 Å². The lowest BCUT2D eigenvalue weighted by molar-refractivity contribution is 0.0545. The van der Waals surface area contributed by atoms with Gasteiger partial charge in [0.25, 0.3) is 0 Å². The SMILES string of the molecule is COC(=O)c1nc(-c2ccc(OCc3ccccc3)cc2)no1. The number of hydrogen-bond acceptors (Lipinski definition) is 6. The Balaban J connectivity index is 1.67. The molecule has 0 aliphatic rings. The normalized spacial score (nSPS) is 10.3. The van der Waals surface area contributed by atoms with E-state index in [0.717, 1.165) is 16.9 Å². The molecule has 3 rings (SSSR count). The van der Waals surface area contributed by atoms with Crippen molar-refractivity contribution in [2.24, 2.45) is 0 Å². The Morgan fingerprint density at radius 3 is 2.52 bits per heavy atom. The van der Waals surface area contributed by atoms with Crippen molar-refractivity contribution < 1.29 is 18.8 Å². The van der Waals surface area contributed by atoms with Crippen molar-refractivity contribution in [2.75, 3.05) is 7.11 Å². The van der Waals surface area contributed by atoms with Crippen LogP contribution in [0.3, 0.4) is 0 Å². The van der Waals surface area contributed by atoms with Crippen LogP contribution in [-0.2, 0) is 11.3 Å².